The van der Waals surface area contributed by atoms with E-state index in [2.05, 4.69) is 9.97 Å². The van der Waals surface area contributed by atoms with E-state index in [9.17, 15) is 59.8 Å². The summed E-state index contributed by atoms with van der Waals surface area (Å²) >= 11 is 2.06. The van der Waals surface area contributed by atoms with Gasteiger partial charge in [0.15, 0.2) is 10.3 Å². The van der Waals surface area contributed by atoms with Crippen LogP contribution in [0.3, 0.4) is 0 Å². The van der Waals surface area contributed by atoms with Crippen molar-refractivity contribution >= 4 is 35.3 Å². The fraction of sp³-hybridized carbons (Fsp3) is 0.378. The van der Waals surface area contributed by atoms with Crippen LogP contribution in [0.1, 0.15) is 124 Å². The van der Waals surface area contributed by atoms with Gasteiger partial charge in [0, 0.05) is 80.0 Å². The molecule has 0 aliphatic heterocycles. The number of alkyl halides is 6. The van der Waals surface area contributed by atoms with E-state index in [1.807, 2.05) is 37.5 Å². The molecule has 22 heteroatoms. The number of amides is 2. The number of hydrogen-bond donors (Lipinski definition) is 0. The van der Waals surface area contributed by atoms with Crippen molar-refractivity contribution in [3.8, 4) is 22.3 Å². The molecule has 0 bridgehead atoms. The molecule has 1 unspecified atom stereocenters. The lowest BCUT2D eigenvalue weighted by atomic mass is 9.98. The van der Waals surface area contributed by atoms with Gasteiger partial charge in [0.1, 0.15) is 24.7 Å². The number of likely N-dealkylation sites (N-methyl/N-ethyl adjacent to an activating group) is 2. The van der Waals surface area contributed by atoms with E-state index < -0.39 is 173 Å². The molecule has 10 rings (SSSR count). The molecule has 0 N–H and O–H groups in total. The van der Waals surface area contributed by atoms with E-state index in [1.165, 1.54) is 79.7 Å². The summed E-state index contributed by atoms with van der Waals surface area (Å²) in [4.78, 5) is 69.7. The van der Waals surface area contributed by atoms with E-state index in [4.69, 9.17) is 16.4 Å². The van der Waals surface area contributed by atoms with Gasteiger partial charge in [-0.25, -0.2) is 8.78 Å². The monoisotopic (exact) mass is 1380 g/mol. The van der Waals surface area contributed by atoms with Crippen molar-refractivity contribution in [3.05, 3.63) is 233 Å². The Kier molecular flexibility index (Phi) is 18.2. The average Bonchev–Trinajstić information content (AvgIpc) is 1.52. The Morgan fingerprint density at radius 1 is 0.573 bits per heavy atom. The van der Waals surface area contributed by atoms with Crippen LogP contribution in [0.15, 0.2) is 159 Å². The van der Waals surface area contributed by atoms with Gasteiger partial charge in [-0.1, -0.05) is 149 Å². The predicted octanol–water partition coefficient (Wildman–Crippen LogP) is 15.0. The lowest BCUT2D eigenvalue weighted by Gasteiger charge is -2.28. The SMILES string of the molecule is [2H]C([2H])(c1ccc(-c2ccc(C(F)(F)F)cc2)cc1)N(CCN(CC)CC)C(=O)Cn1c(SCc2ccc(F)cc2)nc(=O)c2c1C([2H])([2H])C([2H])(C)C2([2H])[2H].[2H]c1c([2H])c(C(F)(F)F)c([2H])c([2H])c1-c1c([2H])c([2H])c(C([2H])([2H])N(CCN(CC)CC)C(=O)Cn2c(SCc3ccc(F)cc3)nc(=O)c3c2CCC3)c(C)c1[2H]. The largest absolute Gasteiger partial charge is 0.416 e. The molecule has 8 aromatic rings. The quantitative estimate of drug-likeness (QED) is 0.0295. The first-order chi connectivity index (χ1) is 52.2. The number of carbonyl (C=O) groups excluding carboxylic acids is 2. The second kappa shape index (κ2) is 32.9. The van der Waals surface area contributed by atoms with Crippen LogP contribution < -0.4 is 11.1 Å². The van der Waals surface area contributed by atoms with Crippen LogP contribution in [0, 0.1) is 24.5 Å². The molecule has 0 saturated carbocycles. The zero-order valence-corrected chi connectivity index (χ0v) is 55.0. The maximum absolute atomic E-state index is 14.6. The van der Waals surface area contributed by atoms with Crippen molar-refractivity contribution in [2.45, 2.75) is 134 Å². The Labute approximate surface area is 586 Å². The van der Waals surface area contributed by atoms with Gasteiger partial charge in [-0.05, 0) is 170 Å². The third-order valence-electron chi connectivity index (χ3n) is 15.9. The summed E-state index contributed by atoms with van der Waals surface area (Å²) in [5.41, 5.74) is -4.55. The predicted molar refractivity (Wildman–Crippen MR) is 362 cm³/mol. The van der Waals surface area contributed by atoms with Crippen LogP contribution in [0.4, 0.5) is 35.1 Å². The maximum Gasteiger partial charge on any atom is 0.416 e. The minimum Gasteiger partial charge on any atom is -0.336 e. The van der Waals surface area contributed by atoms with Crippen LogP contribution in [0.5, 0.6) is 0 Å². The van der Waals surface area contributed by atoms with E-state index in [0.29, 0.717) is 73.4 Å². The molecule has 2 heterocycles. The average molecular weight is 1380 g/mol. The number of rotatable bonds is 26. The second-order valence-corrected chi connectivity index (χ2v) is 24.2. The third-order valence-corrected chi connectivity index (χ3v) is 18.0. The Balaban J connectivity index is 0.000000257. The van der Waals surface area contributed by atoms with E-state index in [-0.39, 0.29) is 59.1 Å². The molecule has 2 amide bonds. The summed E-state index contributed by atoms with van der Waals surface area (Å²) < 4.78 is 251. The van der Waals surface area contributed by atoms with Crippen LogP contribution >= 0.6 is 23.5 Å². The van der Waals surface area contributed by atoms with Crippen molar-refractivity contribution < 1.29 is 66.6 Å². The van der Waals surface area contributed by atoms with Crippen LogP contribution in [-0.4, -0.2) is 103 Å². The molecular weight excluding hydrogens is 1280 g/mol. The molecule has 12 nitrogen and oxygen atoms in total. The van der Waals surface area contributed by atoms with Gasteiger partial charge in [0.2, 0.25) is 11.8 Å². The number of fused-ring (bicyclic) bond motifs is 2. The van der Waals surface area contributed by atoms with Gasteiger partial charge in [-0.2, -0.15) is 36.3 Å². The molecule has 0 spiro atoms. The topological polar surface area (TPSA) is 117 Å². The first-order valence-corrected chi connectivity index (χ1v) is 32.9. The van der Waals surface area contributed by atoms with Gasteiger partial charge in [0.25, 0.3) is 11.1 Å². The van der Waals surface area contributed by atoms with Gasteiger partial charge in [0.05, 0.1) is 26.2 Å². The summed E-state index contributed by atoms with van der Waals surface area (Å²) in [7, 11) is 0. The van der Waals surface area contributed by atoms with E-state index in [0.717, 1.165) is 62.5 Å². The minimum absolute atomic E-state index is 0.0376. The van der Waals surface area contributed by atoms with Crippen molar-refractivity contribution in [2.24, 2.45) is 5.89 Å². The molecule has 96 heavy (non-hydrogen) atoms. The first-order valence-electron chi connectivity index (χ1n) is 38.9. The highest BCUT2D eigenvalue weighted by molar-refractivity contribution is 7.98. The number of hydrogen-bond acceptors (Lipinski definition) is 10. The Morgan fingerprint density at radius 2 is 1.03 bits per heavy atom. The smallest absolute Gasteiger partial charge is 0.336 e. The third kappa shape index (κ3) is 19.0. The van der Waals surface area contributed by atoms with Gasteiger partial charge in [-0.15, -0.1) is 0 Å². The van der Waals surface area contributed by atoms with Gasteiger partial charge >= 0.3 is 12.4 Å². The van der Waals surface area contributed by atoms with Gasteiger partial charge < -0.3 is 28.7 Å². The van der Waals surface area contributed by atoms with Gasteiger partial charge in [-0.3, -0.25) is 19.2 Å². The van der Waals surface area contributed by atoms with Crippen LogP contribution in [0.25, 0.3) is 22.3 Å². The Hall–Kier alpha value is -7.92. The second-order valence-electron chi connectivity index (χ2n) is 22.3. The fourth-order valence-electron chi connectivity index (χ4n) is 10.4. The normalized spacial score (nSPS) is 18.1. The number of thioether (sulfide) groups is 2. The van der Waals surface area contributed by atoms with Crippen LogP contribution in [-0.2, 0) is 85.1 Å². The molecule has 1 atom stereocenters. The maximum atomic E-state index is 14.6. The first kappa shape index (κ1) is 53.2. The Bertz CT molecular complexity index is 4900. The highest BCUT2D eigenvalue weighted by Gasteiger charge is 2.33. The molecule has 508 valence electrons. The summed E-state index contributed by atoms with van der Waals surface area (Å²) in [6, 6.07) is 13.7. The highest BCUT2D eigenvalue weighted by atomic mass is 32.2. The number of benzene rings is 6. The van der Waals surface area contributed by atoms with Crippen molar-refractivity contribution in [1.82, 2.24) is 38.7 Å². The zero-order chi connectivity index (χ0) is 83.0. The zero-order valence-electron chi connectivity index (χ0n) is 69.4. The van der Waals surface area contributed by atoms with Crippen molar-refractivity contribution in [1.29, 1.82) is 0 Å². The molecule has 2 aromatic heterocycles. The van der Waals surface area contributed by atoms with Crippen molar-refractivity contribution in [2.75, 3.05) is 52.4 Å². The summed E-state index contributed by atoms with van der Waals surface area (Å²) in [6.45, 7) is 5.40. The molecule has 0 radical (unpaired) electrons. The lowest BCUT2D eigenvalue weighted by Crippen LogP contribution is -2.40. The lowest BCUT2D eigenvalue weighted by molar-refractivity contribution is -0.138. The van der Waals surface area contributed by atoms with Crippen molar-refractivity contribution in [3.63, 3.8) is 0 Å². The number of carbonyl (C=O) groups is 2. The highest BCUT2D eigenvalue weighted by Crippen LogP contribution is 2.35. The number of halogens is 8. The molecular formula is C74H80F8N8O4S2. The fourth-order valence-corrected chi connectivity index (χ4v) is 12.3. The standard InChI is InChI=1S/2C37H40F4N4O2S/c1-4-43(5-2)18-19-44(22-26-6-10-28(11-7-26)29-12-14-30(15-13-29)37(39,40)41)34(46)23-45-33-21-25(3)20-32(33)35(47)42-36(45)48-24-27-8-16-31(38)17-9-27;1-4-43(5-2)19-20-44(22-29-12-11-28(21-25(29)3)27-13-15-30(16-14-27)37(39,40)41)34(46)23-45-33-8-6-7-32(33)35(47)42-36(45)48-24-26-9-17-31(38)18-10-26/h6-17,25H,4-5,18-24H2,1-3H3;9-18,21H,4-8,19-20,22-24H2,1-3H3/i20D2,21D2,22D2,25D;11D,12D,13D,14D,15D,16D,21D,22D2. The molecule has 6 aromatic carbocycles. The summed E-state index contributed by atoms with van der Waals surface area (Å²) in [5, 5.41) is 0.00611. The van der Waals surface area contributed by atoms with E-state index in [1.54, 1.807) is 16.7 Å². The van der Waals surface area contributed by atoms with Crippen LogP contribution in [0.2, 0.25) is 0 Å². The summed E-state index contributed by atoms with van der Waals surface area (Å²) in [6.07, 6.45) is -13.9. The molecule has 2 aliphatic carbocycles. The van der Waals surface area contributed by atoms with E-state index >= 15 is 0 Å². The number of aromatic nitrogens is 4. The Morgan fingerprint density at radius 3 is 1.53 bits per heavy atom. The number of nitrogens with zero attached hydrogens (tertiary/aromatic N) is 8. The minimum atomic E-state index is -5.25. The summed E-state index contributed by atoms with van der Waals surface area (Å²) in [5.74, 6) is -4.74. The molecule has 0 saturated heterocycles. The molecule has 0 fully saturated rings. The molecule has 2 aliphatic rings.